The zero-order valence-electron chi connectivity index (χ0n) is 18.6. The number of hydrogen-bond donors (Lipinski definition) is 1. The number of rotatable bonds is 7. The Morgan fingerprint density at radius 3 is 2.45 bits per heavy atom. The summed E-state index contributed by atoms with van der Waals surface area (Å²) < 4.78 is 0. The monoisotopic (exact) mass is 415 g/mol. The molecule has 5 atom stereocenters. The first-order chi connectivity index (χ1) is 15.1. The molecule has 162 valence electrons. The lowest BCUT2D eigenvalue weighted by atomic mass is 9.59. The minimum absolute atomic E-state index is 0.116. The number of carbonyl (C=O) groups is 1. The molecule has 0 aromatic heterocycles. The molecule has 2 aromatic rings. The van der Waals surface area contributed by atoms with Gasteiger partial charge in [0.05, 0.1) is 0 Å². The summed E-state index contributed by atoms with van der Waals surface area (Å²) in [5.74, 6) is 2.02. The number of nitrogens with one attached hydrogen (secondary N) is 1. The van der Waals surface area contributed by atoms with Crippen LogP contribution in [-0.2, 0) is 17.9 Å². The highest BCUT2D eigenvalue weighted by Crippen LogP contribution is 2.55. The zero-order valence-corrected chi connectivity index (χ0v) is 18.6. The molecule has 1 aliphatic carbocycles. The molecule has 4 heteroatoms. The largest absolute Gasteiger partial charge is 0.350 e. The summed E-state index contributed by atoms with van der Waals surface area (Å²) in [6, 6.07) is 21.0. The number of benzene rings is 2. The predicted octanol–water partition coefficient (Wildman–Crippen LogP) is 4.31. The van der Waals surface area contributed by atoms with Crippen molar-refractivity contribution in [2.24, 2.45) is 28.7 Å². The maximum atomic E-state index is 13.8. The fourth-order valence-corrected chi connectivity index (χ4v) is 6.34. The second kappa shape index (κ2) is 8.23. The van der Waals surface area contributed by atoms with E-state index in [1.807, 2.05) is 18.2 Å². The van der Waals surface area contributed by atoms with Gasteiger partial charge in [-0.05, 0) is 41.7 Å². The maximum Gasteiger partial charge on any atom is 0.250 e. The zero-order chi connectivity index (χ0) is 21.4. The summed E-state index contributed by atoms with van der Waals surface area (Å²) in [7, 11) is 0. The van der Waals surface area contributed by atoms with Gasteiger partial charge in [0.25, 0.3) is 0 Å². The van der Waals surface area contributed by atoms with Crippen LogP contribution < -0.4 is 5.32 Å². The van der Waals surface area contributed by atoms with Gasteiger partial charge in [0.1, 0.15) is 0 Å². The lowest BCUT2D eigenvalue weighted by molar-refractivity contribution is -0.132. The highest BCUT2D eigenvalue weighted by molar-refractivity contribution is 5.92. The van der Waals surface area contributed by atoms with E-state index >= 15 is 0 Å². The molecule has 1 saturated heterocycles. The summed E-state index contributed by atoms with van der Waals surface area (Å²) >= 11 is 0. The number of amides is 1. The van der Waals surface area contributed by atoms with Crippen molar-refractivity contribution >= 4 is 12.1 Å². The third-order valence-corrected chi connectivity index (χ3v) is 7.55. The molecule has 2 aromatic carbocycles. The molecule has 3 heterocycles. The smallest absolute Gasteiger partial charge is 0.250 e. The van der Waals surface area contributed by atoms with Crippen LogP contribution >= 0.6 is 0 Å². The van der Waals surface area contributed by atoms with Gasteiger partial charge < -0.3 is 5.32 Å². The highest BCUT2D eigenvalue weighted by Gasteiger charge is 2.67. The van der Waals surface area contributed by atoms with E-state index in [-0.39, 0.29) is 11.9 Å². The minimum atomic E-state index is -0.641. The molecule has 31 heavy (non-hydrogen) atoms. The van der Waals surface area contributed by atoms with Gasteiger partial charge in [-0.2, -0.15) is 0 Å². The van der Waals surface area contributed by atoms with Crippen LogP contribution in [0.1, 0.15) is 37.8 Å². The first-order valence-electron chi connectivity index (χ1n) is 11.7. The van der Waals surface area contributed by atoms with Gasteiger partial charge in [0.15, 0.2) is 5.54 Å². The number of nitrogens with zero attached hydrogens (tertiary/aromatic N) is 2. The van der Waals surface area contributed by atoms with Crippen LogP contribution in [0.3, 0.4) is 0 Å². The lowest BCUT2D eigenvalue weighted by Crippen LogP contribution is -2.65. The predicted molar refractivity (Wildman–Crippen MR) is 125 cm³/mol. The van der Waals surface area contributed by atoms with E-state index in [1.54, 1.807) is 0 Å². The Labute approximate surface area is 185 Å². The fraction of sp³-hybridized carbons (Fsp3) is 0.481. The minimum Gasteiger partial charge on any atom is -0.350 e. The highest BCUT2D eigenvalue weighted by atomic mass is 16.2. The number of likely N-dealkylation sites (tertiary alicyclic amines) is 1. The van der Waals surface area contributed by atoms with Gasteiger partial charge in [-0.15, -0.1) is 0 Å². The van der Waals surface area contributed by atoms with Crippen LogP contribution in [-0.4, -0.2) is 35.1 Å². The molecule has 1 N–H and O–H groups in total. The van der Waals surface area contributed by atoms with E-state index < -0.39 is 5.54 Å². The number of carbonyl (C=O) groups excluding carboxylic acids is 1. The Morgan fingerprint density at radius 1 is 1.10 bits per heavy atom. The van der Waals surface area contributed by atoms with E-state index in [9.17, 15) is 4.79 Å². The quantitative estimate of drug-likeness (QED) is 0.732. The second-order valence-electron chi connectivity index (χ2n) is 10.0. The summed E-state index contributed by atoms with van der Waals surface area (Å²) in [6.07, 6.45) is 4.36. The molecular weight excluding hydrogens is 382 g/mol. The van der Waals surface area contributed by atoms with Crippen molar-refractivity contribution in [3.63, 3.8) is 0 Å². The molecule has 6 rings (SSSR count). The van der Waals surface area contributed by atoms with Crippen molar-refractivity contribution in [1.82, 2.24) is 10.2 Å². The third kappa shape index (κ3) is 3.61. The van der Waals surface area contributed by atoms with Gasteiger partial charge in [-0.3, -0.25) is 14.7 Å². The molecule has 4 aliphatic rings. The third-order valence-electron chi connectivity index (χ3n) is 7.55. The second-order valence-corrected chi connectivity index (χ2v) is 10.0. The van der Waals surface area contributed by atoms with E-state index in [1.165, 1.54) is 5.56 Å². The Hall–Kier alpha value is -2.46. The Balaban J connectivity index is 1.45. The summed E-state index contributed by atoms with van der Waals surface area (Å²) in [4.78, 5) is 21.4. The van der Waals surface area contributed by atoms with Crippen molar-refractivity contribution in [2.45, 2.75) is 51.4 Å². The van der Waals surface area contributed by atoms with Crippen LogP contribution in [0.2, 0.25) is 0 Å². The van der Waals surface area contributed by atoms with Crippen molar-refractivity contribution in [1.29, 1.82) is 0 Å². The van der Waals surface area contributed by atoms with Gasteiger partial charge >= 0.3 is 0 Å². The lowest BCUT2D eigenvalue weighted by Gasteiger charge is -2.51. The van der Waals surface area contributed by atoms with Gasteiger partial charge in [-0.25, -0.2) is 0 Å². The van der Waals surface area contributed by atoms with E-state index in [0.717, 1.165) is 31.5 Å². The maximum absolute atomic E-state index is 13.8. The average Bonchev–Trinajstić information content (AvgIpc) is 3.04. The first kappa shape index (κ1) is 20.4. The van der Waals surface area contributed by atoms with Gasteiger partial charge in [0, 0.05) is 37.8 Å². The van der Waals surface area contributed by atoms with Crippen LogP contribution in [0, 0.1) is 23.7 Å². The Morgan fingerprint density at radius 2 is 1.77 bits per heavy atom. The fourth-order valence-electron chi connectivity index (χ4n) is 6.34. The molecule has 0 spiro atoms. The summed E-state index contributed by atoms with van der Waals surface area (Å²) in [6.45, 7) is 7.02. The molecule has 2 fully saturated rings. The summed E-state index contributed by atoms with van der Waals surface area (Å²) in [5, 5.41) is 3.26. The van der Waals surface area contributed by atoms with Crippen LogP contribution in [0.4, 0.5) is 0 Å². The van der Waals surface area contributed by atoms with Gasteiger partial charge in [-0.1, -0.05) is 74.5 Å². The van der Waals surface area contributed by atoms with Gasteiger partial charge in [0.2, 0.25) is 5.91 Å². The normalized spacial score (nSPS) is 31.3. The van der Waals surface area contributed by atoms with Crippen LogP contribution in [0.25, 0.3) is 0 Å². The molecule has 4 nitrogen and oxygen atoms in total. The SMILES string of the molecule is CC(C)C[C@@H]1[C@@H]2C=N[C@@]3(C(=O)NCc4ccccc4)[C@@H](C2)CN(Cc2ccccc2)[C@@H]13. The van der Waals surface area contributed by atoms with Crippen molar-refractivity contribution < 1.29 is 4.79 Å². The van der Waals surface area contributed by atoms with Crippen molar-refractivity contribution in [3.05, 3.63) is 71.8 Å². The number of hydrogen-bond acceptors (Lipinski definition) is 3. The molecule has 1 amide bonds. The topological polar surface area (TPSA) is 44.7 Å². The standard InChI is InChI=1S/C27H33N3O/c1-19(2)13-24-22-14-23-18-30(17-21-11-7-4-8-12-21)25(24)27(23,29-16-22)26(31)28-15-20-9-5-3-6-10-20/h3-12,16,19,22-25H,13-15,17-18H2,1-2H3,(H,28,31)/t22-,23-,24+,25-,27-/m0/s1. The van der Waals surface area contributed by atoms with Crippen molar-refractivity contribution in [2.75, 3.05) is 6.54 Å². The Bertz CT molecular complexity index is 941. The summed E-state index contributed by atoms with van der Waals surface area (Å²) in [5.41, 5.74) is 1.81. The van der Waals surface area contributed by atoms with E-state index in [0.29, 0.717) is 30.2 Å². The molecule has 3 aliphatic heterocycles. The molecular formula is C27H33N3O. The molecule has 1 saturated carbocycles. The number of aliphatic imine (C=N–C) groups is 1. The van der Waals surface area contributed by atoms with Crippen molar-refractivity contribution in [3.8, 4) is 0 Å². The average molecular weight is 416 g/mol. The Kier molecular flexibility index (Phi) is 5.43. The van der Waals surface area contributed by atoms with Crippen LogP contribution in [0.15, 0.2) is 65.7 Å². The first-order valence-corrected chi connectivity index (χ1v) is 11.7. The molecule has 0 unspecified atom stereocenters. The molecule has 4 bridgehead atoms. The van der Waals surface area contributed by atoms with E-state index in [2.05, 4.69) is 72.7 Å². The van der Waals surface area contributed by atoms with E-state index in [4.69, 9.17) is 4.99 Å². The van der Waals surface area contributed by atoms with Crippen LogP contribution in [0.5, 0.6) is 0 Å². The molecule has 0 radical (unpaired) electrons.